The minimum atomic E-state index is -0.629. The highest BCUT2D eigenvalue weighted by Crippen LogP contribution is 2.32. The number of nitrogens with one attached hydrogen (secondary N) is 2. The van der Waals surface area contributed by atoms with Crippen LogP contribution in [-0.2, 0) is 11.3 Å². The molecule has 0 radical (unpaired) electrons. The molecule has 0 bridgehead atoms. The molecule has 5 rings (SSSR count). The Hall–Kier alpha value is -4.86. The molecule has 10 nitrogen and oxygen atoms in total. The standard InChI is InChI=1S/C27H23N3O7/c1-15(17-4-6-18(7-5-17)26(33)35-2)30-25(32)20-12-19(8-9-21(20)29-27(30)34)24(31)28-13-16-3-10-22-23(11-16)37-14-36-22/h3-12,15H,13-14H2,1-2H3,(H,28,31)(H,29,34). The Labute approximate surface area is 210 Å². The SMILES string of the molecule is COC(=O)c1ccc(C(C)n2c(=O)[nH]c3ccc(C(=O)NCc4ccc5c(c4)OCO5)cc3c2=O)cc1. The molecule has 1 aliphatic heterocycles. The van der Waals surface area contributed by atoms with E-state index in [2.05, 4.69) is 10.3 Å². The highest BCUT2D eigenvalue weighted by Gasteiger charge is 2.18. The van der Waals surface area contributed by atoms with Gasteiger partial charge in [0.05, 0.1) is 29.6 Å². The summed E-state index contributed by atoms with van der Waals surface area (Å²) in [5.41, 5.74) is 1.32. The molecular formula is C27H23N3O7. The average Bonchev–Trinajstić information content (AvgIpc) is 3.39. The topological polar surface area (TPSA) is 129 Å². The molecule has 0 saturated heterocycles. The summed E-state index contributed by atoms with van der Waals surface area (Å²) in [6.07, 6.45) is 0. The van der Waals surface area contributed by atoms with Gasteiger partial charge >= 0.3 is 11.7 Å². The first-order valence-corrected chi connectivity index (χ1v) is 11.5. The molecule has 1 aliphatic rings. The van der Waals surface area contributed by atoms with Crippen LogP contribution in [0.4, 0.5) is 0 Å². The monoisotopic (exact) mass is 501 g/mol. The fraction of sp³-hybridized carbons (Fsp3) is 0.185. The van der Waals surface area contributed by atoms with Gasteiger partial charge in [-0.05, 0) is 60.5 Å². The zero-order valence-electron chi connectivity index (χ0n) is 20.1. The fourth-order valence-corrected chi connectivity index (χ4v) is 4.22. The number of aromatic nitrogens is 2. The number of hydrogen-bond acceptors (Lipinski definition) is 7. The van der Waals surface area contributed by atoms with Crippen LogP contribution in [0.25, 0.3) is 10.9 Å². The molecule has 1 aromatic heterocycles. The van der Waals surface area contributed by atoms with Crippen LogP contribution in [-0.4, -0.2) is 35.3 Å². The molecule has 1 amide bonds. The molecule has 2 N–H and O–H groups in total. The Balaban J connectivity index is 1.41. The number of carbonyl (C=O) groups excluding carboxylic acids is 2. The first kappa shape index (κ1) is 23.9. The second-order valence-electron chi connectivity index (χ2n) is 8.53. The summed E-state index contributed by atoms with van der Waals surface area (Å²) in [6, 6.07) is 15.8. The number of rotatable bonds is 6. The van der Waals surface area contributed by atoms with E-state index in [1.165, 1.54) is 19.2 Å². The molecule has 0 aliphatic carbocycles. The summed E-state index contributed by atoms with van der Waals surface area (Å²) in [5.74, 6) is 0.423. The minimum absolute atomic E-state index is 0.166. The number of methoxy groups -OCH3 is 1. The lowest BCUT2D eigenvalue weighted by Gasteiger charge is -2.16. The van der Waals surface area contributed by atoms with Crippen molar-refractivity contribution in [2.45, 2.75) is 19.5 Å². The van der Waals surface area contributed by atoms with Crippen LogP contribution >= 0.6 is 0 Å². The molecule has 1 atom stereocenters. The first-order chi connectivity index (χ1) is 17.9. The van der Waals surface area contributed by atoms with Gasteiger partial charge < -0.3 is 24.5 Å². The second kappa shape index (κ2) is 9.65. The van der Waals surface area contributed by atoms with E-state index >= 15 is 0 Å². The van der Waals surface area contributed by atoms with Crippen molar-refractivity contribution in [3.8, 4) is 11.5 Å². The Bertz CT molecular complexity index is 1640. The van der Waals surface area contributed by atoms with Gasteiger partial charge in [0, 0.05) is 12.1 Å². The zero-order valence-corrected chi connectivity index (χ0v) is 20.1. The van der Waals surface area contributed by atoms with Gasteiger partial charge in [-0.3, -0.25) is 14.2 Å². The average molecular weight is 501 g/mol. The lowest BCUT2D eigenvalue weighted by molar-refractivity contribution is 0.0600. The third kappa shape index (κ3) is 4.56. The maximum Gasteiger partial charge on any atom is 0.337 e. The maximum atomic E-state index is 13.4. The normalized spacial score (nSPS) is 12.8. The van der Waals surface area contributed by atoms with Gasteiger partial charge in [0.2, 0.25) is 6.79 Å². The number of H-pyrrole nitrogens is 1. The molecular weight excluding hydrogens is 478 g/mol. The van der Waals surface area contributed by atoms with Crippen molar-refractivity contribution >= 4 is 22.8 Å². The summed E-state index contributed by atoms with van der Waals surface area (Å²) in [5, 5.41) is 3.03. The molecule has 2 heterocycles. The number of amides is 1. The summed E-state index contributed by atoms with van der Waals surface area (Å²) in [6.45, 7) is 2.12. The number of hydrogen-bond donors (Lipinski definition) is 2. The predicted octanol–water partition coefficient (Wildman–Crippen LogP) is 2.74. The fourth-order valence-electron chi connectivity index (χ4n) is 4.22. The Morgan fingerprint density at radius 3 is 2.49 bits per heavy atom. The number of fused-ring (bicyclic) bond motifs is 2. The van der Waals surface area contributed by atoms with Gasteiger partial charge in [-0.15, -0.1) is 0 Å². The molecule has 4 aromatic rings. The predicted molar refractivity (Wildman–Crippen MR) is 134 cm³/mol. The van der Waals surface area contributed by atoms with E-state index in [1.807, 2.05) is 6.07 Å². The van der Waals surface area contributed by atoms with Crippen LogP contribution < -0.4 is 26.0 Å². The van der Waals surface area contributed by atoms with E-state index in [4.69, 9.17) is 14.2 Å². The van der Waals surface area contributed by atoms with Crippen LogP contribution in [0.15, 0.2) is 70.3 Å². The Morgan fingerprint density at radius 1 is 1.00 bits per heavy atom. The molecule has 37 heavy (non-hydrogen) atoms. The summed E-state index contributed by atoms with van der Waals surface area (Å²) in [7, 11) is 1.29. The molecule has 1 unspecified atom stereocenters. The lowest BCUT2D eigenvalue weighted by Crippen LogP contribution is -2.37. The number of aromatic amines is 1. The lowest BCUT2D eigenvalue weighted by atomic mass is 10.1. The molecule has 10 heteroatoms. The van der Waals surface area contributed by atoms with Crippen molar-refractivity contribution in [1.29, 1.82) is 0 Å². The third-order valence-electron chi connectivity index (χ3n) is 6.28. The van der Waals surface area contributed by atoms with Gasteiger partial charge in [-0.25, -0.2) is 9.59 Å². The number of carbonyl (C=O) groups is 2. The third-order valence-corrected chi connectivity index (χ3v) is 6.28. The van der Waals surface area contributed by atoms with Crippen molar-refractivity contribution in [2.75, 3.05) is 13.9 Å². The van der Waals surface area contributed by atoms with E-state index < -0.39 is 23.3 Å². The quantitative estimate of drug-likeness (QED) is 0.389. The van der Waals surface area contributed by atoms with Crippen molar-refractivity contribution in [3.05, 3.63) is 104 Å². The summed E-state index contributed by atoms with van der Waals surface area (Å²) < 4.78 is 16.5. The number of nitrogens with zero attached hydrogens (tertiary/aromatic N) is 1. The summed E-state index contributed by atoms with van der Waals surface area (Å²) >= 11 is 0. The Morgan fingerprint density at radius 2 is 1.73 bits per heavy atom. The van der Waals surface area contributed by atoms with Gasteiger partial charge in [-0.2, -0.15) is 0 Å². The highest BCUT2D eigenvalue weighted by atomic mass is 16.7. The van der Waals surface area contributed by atoms with E-state index in [0.29, 0.717) is 28.1 Å². The van der Waals surface area contributed by atoms with Crippen molar-refractivity contribution in [2.24, 2.45) is 0 Å². The number of ether oxygens (including phenoxy) is 3. The van der Waals surface area contributed by atoms with Gasteiger partial charge in [-0.1, -0.05) is 18.2 Å². The second-order valence-corrected chi connectivity index (χ2v) is 8.53. The van der Waals surface area contributed by atoms with Crippen LogP contribution in [0.1, 0.15) is 44.8 Å². The molecule has 0 fully saturated rings. The smallest absolute Gasteiger partial charge is 0.337 e. The first-order valence-electron chi connectivity index (χ1n) is 11.5. The highest BCUT2D eigenvalue weighted by molar-refractivity contribution is 5.97. The van der Waals surface area contributed by atoms with E-state index in [9.17, 15) is 19.2 Å². The maximum absolute atomic E-state index is 13.4. The van der Waals surface area contributed by atoms with Crippen molar-refractivity contribution in [1.82, 2.24) is 14.9 Å². The molecule has 188 valence electrons. The van der Waals surface area contributed by atoms with E-state index in [-0.39, 0.29) is 30.2 Å². The Kier molecular flexibility index (Phi) is 6.22. The zero-order chi connectivity index (χ0) is 26.1. The van der Waals surface area contributed by atoms with Gasteiger partial charge in [0.25, 0.3) is 11.5 Å². The van der Waals surface area contributed by atoms with E-state index in [0.717, 1.165) is 10.1 Å². The van der Waals surface area contributed by atoms with E-state index in [1.54, 1.807) is 49.4 Å². The van der Waals surface area contributed by atoms with Crippen LogP contribution in [0.5, 0.6) is 11.5 Å². The van der Waals surface area contributed by atoms with Crippen molar-refractivity contribution < 1.29 is 23.8 Å². The number of esters is 1. The summed E-state index contributed by atoms with van der Waals surface area (Å²) in [4.78, 5) is 53.4. The van der Waals surface area contributed by atoms with Crippen LogP contribution in [0, 0.1) is 0 Å². The largest absolute Gasteiger partial charge is 0.465 e. The molecule has 0 spiro atoms. The van der Waals surface area contributed by atoms with Gasteiger partial charge in [0.1, 0.15) is 0 Å². The van der Waals surface area contributed by atoms with Crippen molar-refractivity contribution in [3.63, 3.8) is 0 Å². The van der Waals surface area contributed by atoms with Crippen LogP contribution in [0.3, 0.4) is 0 Å². The number of benzene rings is 3. The van der Waals surface area contributed by atoms with Crippen LogP contribution in [0.2, 0.25) is 0 Å². The molecule has 3 aromatic carbocycles. The molecule has 0 saturated carbocycles. The minimum Gasteiger partial charge on any atom is -0.465 e. The van der Waals surface area contributed by atoms with Gasteiger partial charge in [0.15, 0.2) is 11.5 Å².